The molecule has 2 saturated carbocycles. The summed E-state index contributed by atoms with van der Waals surface area (Å²) in [6.07, 6.45) is -16.5. The van der Waals surface area contributed by atoms with Gasteiger partial charge in [-0.2, -0.15) is 0 Å². The second-order valence-electron chi connectivity index (χ2n) is 7.38. The molecule has 6 atom stereocenters. The highest BCUT2D eigenvalue weighted by Gasteiger charge is 2.45. The molecule has 2 aliphatic carbocycles. The van der Waals surface area contributed by atoms with Crippen molar-refractivity contribution >= 4 is 28.7 Å². The molecule has 2 heterocycles. The van der Waals surface area contributed by atoms with Crippen LogP contribution in [0, 0.1) is 11.6 Å². The quantitative estimate of drug-likeness (QED) is 0.225. The Morgan fingerprint density at radius 2 is 2.17 bits per heavy atom. The standard InChI is InChI=1S/C23H28F2N6O4S/c1-2-7-36-23-27-21(26-15-9-12(15)11-3-4-13(24)14(25)8-11)18-22(28-23)31(30-29-18)16-10-17(35-6-5-32)20(34)19(16)33/h3-4,8,12,15-17,19-20,32-34H,2,5-7,9-10H2,1H3,(H,26,27,28)/t12?,15-,16+,17-,19-,20+/m0/s1/i3D,4D,5D2,7D2,8D,10D2,12D,16D,17D,19D,20D. The van der Waals surface area contributed by atoms with Crippen molar-refractivity contribution in [1.29, 1.82) is 0 Å². The van der Waals surface area contributed by atoms with Crippen LogP contribution in [0.4, 0.5) is 14.6 Å². The smallest absolute Gasteiger partial charge is 0.191 e. The average Bonchev–Trinajstić information content (AvgIpc) is 3.42. The van der Waals surface area contributed by atoms with Crippen LogP contribution in [0.15, 0.2) is 23.3 Å². The van der Waals surface area contributed by atoms with E-state index in [4.69, 9.17) is 23.9 Å². The summed E-state index contributed by atoms with van der Waals surface area (Å²) < 4.78 is 148. The number of anilines is 1. The van der Waals surface area contributed by atoms with Gasteiger partial charge in [-0.25, -0.2) is 23.4 Å². The molecular weight excluding hydrogens is 494 g/mol. The number of rotatable bonds is 10. The van der Waals surface area contributed by atoms with Crippen molar-refractivity contribution < 1.29 is 48.0 Å². The third-order valence-electron chi connectivity index (χ3n) is 5.02. The van der Waals surface area contributed by atoms with E-state index in [0.717, 1.165) is 0 Å². The van der Waals surface area contributed by atoms with Crippen molar-refractivity contribution in [1.82, 2.24) is 25.0 Å². The van der Waals surface area contributed by atoms with Crippen LogP contribution in [0.1, 0.15) is 62.8 Å². The molecule has 4 N–H and O–H groups in total. The summed E-state index contributed by atoms with van der Waals surface area (Å²) in [5.41, 5.74) is -4.00. The summed E-state index contributed by atoms with van der Waals surface area (Å²) in [5.74, 6) is -5.96. The summed E-state index contributed by atoms with van der Waals surface area (Å²) in [7, 11) is 0. The van der Waals surface area contributed by atoms with Crippen LogP contribution in [-0.4, -0.2) is 83.4 Å². The second-order valence-corrected chi connectivity index (χ2v) is 8.24. The number of thioether (sulfide) groups is 1. The first-order chi connectivity index (χ1) is 22.6. The number of aromatic nitrogens is 5. The Balaban J connectivity index is 1.68. The van der Waals surface area contributed by atoms with Gasteiger partial charge in [-0.1, -0.05) is 29.9 Å². The van der Waals surface area contributed by atoms with Gasteiger partial charge in [0, 0.05) is 30.9 Å². The molecule has 1 unspecified atom stereocenters. The second kappa shape index (κ2) is 10.5. The lowest BCUT2D eigenvalue weighted by atomic mass is 10.1. The van der Waals surface area contributed by atoms with Crippen LogP contribution >= 0.6 is 11.8 Å². The van der Waals surface area contributed by atoms with E-state index < -0.39 is 119 Å². The molecule has 5 rings (SSSR count). The number of hydrogen-bond acceptors (Lipinski definition) is 10. The molecule has 194 valence electrons. The van der Waals surface area contributed by atoms with Crippen molar-refractivity contribution in [3.05, 3.63) is 35.3 Å². The third-order valence-corrected chi connectivity index (χ3v) is 5.82. The number of hydrogen-bond donors (Lipinski definition) is 4. The van der Waals surface area contributed by atoms with E-state index >= 15 is 0 Å². The van der Waals surface area contributed by atoms with Crippen LogP contribution in [0.5, 0.6) is 0 Å². The summed E-state index contributed by atoms with van der Waals surface area (Å²) >= 11 is 0.390. The Morgan fingerprint density at radius 3 is 2.94 bits per heavy atom. The molecule has 0 radical (unpaired) electrons. The number of halogens is 2. The highest BCUT2D eigenvalue weighted by molar-refractivity contribution is 7.99. The third kappa shape index (κ3) is 4.90. The zero-order valence-corrected chi connectivity index (χ0v) is 19.2. The molecule has 0 aliphatic heterocycles. The number of ether oxygens (including phenoxy) is 1. The Bertz CT molecular complexity index is 1860. The first-order valence-corrected chi connectivity index (χ1v) is 11.2. The minimum Gasteiger partial charge on any atom is -0.394 e. The Hall–Kier alpha value is -2.45. The van der Waals surface area contributed by atoms with Crippen molar-refractivity contribution in [2.24, 2.45) is 0 Å². The fourth-order valence-corrected chi connectivity index (χ4v) is 3.85. The molecule has 3 aromatic rings. The number of nitrogens with one attached hydrogen (secondary N) is 1. The summed E-state index contributed by atoms with van der Waals surface area (Å²) in [6, 6.07) is -8.25. The monoisotopic (exact) mass is 536 g/mol. The lowest BCUT2D eigenvalue weighted by molar-refractivity contribution is -0.0629. The fraction of sp³-hybridized carbons (Fsp3) is 0.565. The molecule has 2 aromatic heterocycles. The van der Waals surface area contributed by atoms with Crippen LogP contribution in [0.25, 0.3) is 11.2 Å². The highest BCUT2D eigenvalue weighted by Crippen LogP contribution is 2.44. The van der Waals surface area contributed by atoms with Gasteiger partial charge in [0.2, 0.25) is 0 Å². The van der Waals surface area contributed by atoms with E-state index in [1.54, 1.807) is 0 Å². The van der Waals surface area contributed by atoms with Gasteiger partial charge in [0.25, 0.3) is 0 Å². The first kappa shape index (κ1) is 13.4. The summed E-state index contributed by atoms with van der Waals surface area (Å²) in [4.78, 5) is 8.25. The number of fused-ring (bicyclic) bond motifs is 1. The zero-order valence-electron chi connectivity index (χ0n) is 32.3. The van der Waals surface area contributed by atoms with Gasteiger partial charge in [-0.15, -0.1) is 5.10 Å². The maximum Gasteiger partial charge on any atom is 0.191 e. The normalized spacial score (nSPS) is 45.7. The number of aliphatic hydroxyl groups is 3. The van der Waals surface area contributed by atoms with Gasteiger partial charge in [0.05, 0.1) is 37.6 Å². The average molecular weight is 537 g/mol. The van der Waals surface area contributed by atoms with Gasteiger partial charge in [-0.05, 0) is 30.5 Å². The van der Waals surface area contributed by atoms with Crippen LogP contribution < -0.4 is 5.32 Å². The largest absolute Gasteiger partial charge is 0.394 e. The number of benzene rings is 1. The molecule has 10 nitrogen and oxygen atoms in total. The van der Waals surface area contributed by atoms with E-state index in [2.05, 4.69) is 25.6 Å². The Labute approximate surface area is 229 Å². The first-order valence-electron chi connectivity index (χ1n) is 17.4. The van der Waals surface area contributed by atoms with E-state index in [-0.39, 0.29) is 17.5 Å². The SMILES string of the molecule is [2H]c1c([2H])c(C2([2H])C[C@@H]2Nc2nc(SC([2H])([2H])CC)nc3c2nnn3[C@]2([2H])C([2H])([2H])[C@]([2H])(OCC([2H])([2H])O)[C@@]([2H])(O)[C@@]2([2H])O)c([2H])c(F)c1F. The molecule has 0 amide bonds. The van der Waals surface area contributed by atoms with Crippen molar-refractivity contribution in [3.8, 4) is 0 Å². The molecule has 0 saturated heterocycles. The Kier molecular flexibility index (Phi) is 3.90. The van der Waals surface area contributed by atoms with E-state index in [0.29, 0.717) is 11.8 Å². The van der Waals surface area contributed by atoms with Crippen molar-refractivity contribution in [2.45, 2.75) is 67.5 Å². The predicted molar refractivity (Wildman–Crippen MR) is 128 cm³/mol. The highest BCUT2D eigenvalue weighted by atomic mass is 32.2. The fourth-order valence-electron chi connectivity index (χ4n) is 3.31. The van der Waals surface area contributed by atoms with Crippen molar-refractivity contribution in [2.75, 3.05) is 24.2 Å². The molecule has 1 aromatic carbocycles. The summed E-state index contributed by atoms with van der Waals surface area (Å²) in [5, 5.41) is 41.3. The van der Waals surface area contributed by atoms with E-state index in [9.17, 15) is 24.1 Å². The minimum absolute atomic E-state index is 0.104. The lowest BCUT2D eigenvalue weighted by Gasteiger charge is -2.17. The van der Waals surface area contributed by atoms with Gasteiger partial charge >= 0.3 is 0 Å². The molecule has 13 heteroatoms. The van der Waals surface area contributed by atoms with Crippen LogP contribution in [0.2, 0.25) is 0 Å². The van der Waals surface area contributed by atoms with Crippen LogP contribution in [-0.2, 0) is 4.74 Å². The van der Waals surface area contributed by atoms with Crippen LogP contribution in [0.3, 0.4) is 0 Å². The van der Waals surface area contributed by atoms with Crippen molar-refractivity contribution in [3.63, 3.8) is 0 Å². The lowest BCUT2D eigenvalue weighted by Crippen LogP contribution is -2.33. The predicted octanol–water partition coefficient (Wildman–Crippen LogP) is 2.01. The summed E-state index contributed by atoms with van der Waals surface area (Å²) in [6.45, 7) is -3.37. The number of nitrogens with zero attached hydrogens (tertiary/aromatic N) is 5. The zero-order chi connectivity index (χ0) is 38.0. The molecular formula is C23H28F2N6O4S. The van der Waals surface area contributed by atoms with Gasteiger partial charge < -0.3 is 25.4 Å². The maximum atomic E-state index is 14.4. The molecule has 0 spiro atoms. The van der Waals surface area contributed by atoms with Gasteiger partial charge in [0.1, 0.15) is 12.2 Å². The van der Waals surface area contributed by atoms with Gasteiger partial charge in [-0.3, -0.25) is 0 Å². The van der Waals surface area contributed by atoms with E-state index in [1.165, 1.54) is 6.92 Å². The van der Waals surface area contributed by atoms with Gasteiger partial charge in [0.15, 0.2) is 33.8 Å². The molecule has 36 heavy (non-hydrogen) atoms. The topological polar surface area (TPSA) is 138 Å². The molecule has 2 fully saturated rings. The minimum atomic E-state index is -4.12. The maximum absolute atomic E-state index is 14.4. The molecule has 2 aliphatic rings. The Morgan fingerprint density at radius 1 is 1.33 bits per heavy atom. The molecule has 0 bridgehead atoms. The van der Waals surface area contributed by atoms with E-state index in [1.807, 2.05) is 0 Å².